The predicted molar refractivity (Wildman–Crippen MR) is 76.9 cm³/mol. The van der Waals surface area contributed by atoms with Gasteiger partial charge in [-0.2, -0.15) is 10.5 Å². The first-order chi connectivity index (χ1) is 9.76. The van der Waals surface area contributed by atoms with Gasteiger partial charge in [0.1, 0.15) is 11.9 Å². The van der Waals surface area contributed by atoms with Gasteiger partial charge in [0.15, 0.2) is 0 Å². The standard InChI is InChI=1S/C17H20N2O/c1-2-4-13-7-8-15(12-19)17(10-13)20-16-6-3-5-14(9-16)11-18/h3,5-6,9,13,15,17H,2,4,7-8,10H2,1H3. The van der Waals surface area contributed by atoms with Crippen LogP contribution in [0.25, 0.3) is 0 Å². The van der Waals surface area contributed by atoms with Gasteiger partial charge >= 0.3 is 0 Å². The van der Waals surface area contributed by atoms with Gasteiger partial charge in [-0.25, -0.2) is 0 Å². The van der Waals surface area contributed by atoms with E-state index in [4.69, 9.17) is 10.00 Å². The van der Waals surface area contributed by atoms with Gasteiger partial charge in [-0.05, 0) is 43.4 Å². The van der Waals surface area contributed by atoms with Gasteiger partial charge in [0, 0.05) is 0 Å². The third-order valence-corrected chi connectivity index (χ3v) is 4.01. The van der Waals surface area contributed by atoms with Gasteiger partial charge in [0.25, 0.3) is 0 Å². The summed E-state index contributed by atoms with van der Waals surface area (Å²) >= 11 is 0. The fourth-order valence-electron chi connectivity index (χ4n) is 2.97. The summed E-state index contributed by atoms with van der Waals surface area (Å²) < 4.78 is 6.00. The summed E-state index contributed by atoms with van der Waals surface area (Å²) in [6, 6.07) is 11.7. The lowest BCUT2D eigenvalue weighted by molar-refractivity contribution is 0.0875. The van der Waals surface area contributed by atoms with Crippen molar-refractivity contribution in [2.24, 2.45) is 11.8 Å². The minimum atomic E-state index is -0.0424. The summed E-state index contributed by atoms with van der Waals surface area (Å²) in [7, 11) is 0. The van der Waals surface area contributed by atoms with Crippen molar-refractivity contribution in [3.05, 3.63) is 29.8 Å². The molecule has 0 aliphatic heterocycles. The van der Waals surface area contributed by atoms with E-state index in [2.05, 4.69) is 19.1 Å². The lowest BCUT2D eigenvalue weighted by Crippen LogP contribution is -2.33. The molecule has 1 aliphatic carbocycles. The molecule has 0 bridgehead atoms. The molecule has 3 atom stereocenters. The summed E-state index contributed by atoms with van der Waals surface area (Å²) in [6.45, 7) is 2.20. The van der Waals surface area contributed by atoms with Gasteiger partial charge in [0.05, 0.1) is 23.6 Å². The molecule has 0 radical (unpaired) electrons. The molecule has 1 fully saturated rings. The largest absolute Gasteiger partial charge is 0.489 e. The first-order valence-corrected chi connectivity index (χ1v) is 7.33. The van der Waals surface area contributed by atoms with Crippen LogP contribution >= 0.6 is 0 Å². The third kappa shape index (κ3) is 3.52. The molecule has 3 unspecified atom stereocenters. The van der Waals surface area contributed by atoms with Crippen molar-refractivity contribution >= 4 is 0 Å². The maximum absolute atomic E-state index is 9.27. The van der Waals surface area contributed by atoms with Crippen LogP contribution in [-0.2, 0) is 0 Å². The maximum Gasteiger partial charge on any atom is 0.121 e. The minimum absolute atomic E-state index is 0.0335. The van der Waals surface area contributed by atoms with Gasteiger partial charge in [-0.15, -0.1) is 0 Å². The Morgan fingerprint density at radius 3 is 2.85 bits per heavy atom. The zero-order valence-electron chi connectivity index (χ0n) is 11.9. The van der Waals surface area contributed by atoms with Gasteiger partial charge in [-0.1, -0.05) is 25.8 Å². The third-order valence-electron chi connectivity index (χ3n) is 4.01. The number of hydrogen-bond donors (Lipinski definition) is 0. The van der Waals surface area contributed by atoms with Crippen molar-refractivity contribution in [2.45, 2.75) is 45.1 Å². The smallest absolute Gasteiger partial charge is 0.121 e. The number of rotatable bonds is 4. The predicted octanol–water partition coefficient (Wildman–Crippen LogP) is 4.05. The molecule has 0 N–H and O–H groups in total. The van der Waals surface area contributed by atoms with E-state index in [0.717, 1.165) is 19.3 Å². The molecule has 3 nitrogen and oxygen atoms in total. The molecule has 1 aromatic rings. The van der Waals surface area contributed by atoms with Crippen LogP contribution in [0.3, 0.4) is 0 Å². The Hall–Kier alpha value is -2.00. The second-order valence-electron chi connectivity index (χ2n) is 5.50. The highest BCUT2D eigenvalue weighted by atomic mass is 16.5. The van der Waals surface area contributed by atoms with Crippen LogP contribution < -0.4 is 4.74 Å². The van der Waals surface area contributed by atoms with Crippen LogP contribution in [0.5, 0.6) is 5.75 Å². The summed E-state index contributed by atoms with van der Waals surface area (Å²) in [5.74, 6) is 1.33. The van der Waals surface area contributed by atoms with Crippen LogP contribution in [-0.4, -0.2) is 6.10 Å². The number of nitriles is 2. The summed E-state index contributed by atoms with van der Waals surface area (Å²) in [6.07, 6.45) is 5.34. The van der Waals surface area contributed by atoms with Crippen molar-refractivity contribution in [3.8, 4) is 17.9 Å². The molecule has 1 saturated carbocycles. The number of ether oxygens (including phenoxy) is 1. The van der Waals surface area contributed by atoms with Crippen LogP contribution in [0.4, 0.5) is 0 Å². The number of nitrogens with zero attached hydrogens (tertiary/aromatic N) is 2. The second kappa shape index (κ2) is 6.96. The molecule has 20 heavy (non-hydrogen) atoms. The van der Waals surface area contributed by atoms with E-state index in [0.29, 0.717) is 17.2 Å². The van der Waals surface area contributed by atoms with E-state index < -0.39 is 0 Å². The quantitative estimate of drug-likeness (QED) is 0.827. The van der Waals surface area contributed by atoms with Crippen LogP contribution in [0.1, 0.15) is 44.6 Å². The lowest BCUT2D eigenvalue weighted by atomic mass is 9.78. The fourth-order valence-corrected chi connectivity index (χ4v) is 2.97. The molecule has 3 heteroatoms. The molecule has 1 aromatic carbocycles. The topological polar surface area (TPSA) is 56.8 Å². The normalized spacial score (nSPS) is 25.4. The van der Waals surface area contributed by atoms with Crippen molar-refractivity contribution < 1.29 is 4.74 Å². The van der Waals surface area contributed by atoms with E-state index in [1.807, 2.05) is 12.1 Å². The second-order valence-corrected chi connectivity index (χ2v) is 5.50. The number of hydrogen-bond acceptors (Lipinski definition) is 3. The average Bonchev–Trinajstić information content (AvgIpc) is 2.48. The lowest BCUT2D eigenvalue weighted by Gasteiger charge is -2.33. The molecule has 0 heterocycles. The highest BCUT2D eigenvalue weighted by molar-refractivity contribution is 5.36. The van der Waals surface area contributed by atoms with Crippen molar-refractivity contribution in [3.63, 3.8) is 0 Å². The van der Waals surface area contributed by atoms with Gasteiger partial charge in [-0.3, -0.25) is 0 Å². The monoisotopic (exact) mass is 268 g/mol. The number of benzene rings is 1. The first kappa shape index (κ1) is 14.4. The molecule has 2 rings (SSSR count). The zero-order chi connectivity index (χ0) is 14.4. The average molecular weight is 268 g/mol. The Kier molecular flexibility index (Phi) is 5.02. The molecular weight excluding hydrogens is 248 g/mol. The summed E-state index contributed by atoms with van der Waals surface area (Å²) in [5, 5.41) is 18.2. The Bertz CT molecular complexity index is 527. The molecule has 0 spiro atoms. The SMILES string of the molecule is CCCC1CCC(C#N)C(Oc2cccc(C#N)c2)C1. The first-order valence-electron chi connectivity index (χ1n) is 7.33. The van der Waals surface area contributed by atoms with E-state index in [9.17, 15) is 5.26 Å². The van der Waals surface area contributed by atoms with Crippen LogP contribution in [0.15, 0.2) is 24.3 Å². The van der Waals surface area contributed by atoms with E-state index in [-0.39, 0.29) is 12.0 Å². The van der Waals surface area contributed by atoms with Crippen LogP contribution in [0.2, 0.25) is 0 Å². The molecule has 104 valence electrons. The van der Waals surface area contributed by atoms with E-state index in [1.165, 1.54) is 12.8 Å². The summed E-state index contributed by atoms with van der Waals surface area (Å²) in [5.41, 5.74) is 0.594. The Morgan fingerprint density at radius 2 is 2.15 bits per heavy atom. The summed E-state index contributed by atoms with van der Waals surface area (Å²) in [4.78, 5) is 0. The van der Waals surface area contributed by atoms with Gasteiger partial charge in [0.2, 0.25) is 0 Å². The molecule has 0 saturated heterocycles. The fraction of sp³-hybridized carbons (Fsp3) is 0.529. The zero-order valence-corrected chi connectivity index (χ0v) is 11.9. The Balaban J connectivity index is 2.07. The molecule has 1 aliphatic rings. The molecular formula is C17H20N2O. The van der Waals surface area contributed by atoms with Crippen LogP contribution in [0, 0.1) is 34.5 Å². The maximum atomic E-state index is 9.27. The Labute approximate surface area is 120 Å². The van der Waals surface area contributed by atoms with Crippen molar-refractivity contribution in [1.29, 1.82) is 10.5 Å². The Morgan fingerprint density at radius 1 is 1.30 bits per heavy atom. The highest BCUT2D eigenvalue weighted by Crippen LogP contribution is 2.34. The van der Waals surface area contributed by atoms with E-state index in [1.54, 1.807) is 12.1 Å². The molecule has 0 amide bonds. The van der Waals surface area contributed by atoms with Crippen molar-refractivity contribution in [2.75, 3.05) is 0 Å². The highest BCUT2D eigenvalue weighted by Gasteiger charge is 2.31. The van der Waals surface area contributed by atoms with E-state index >= 15 is 0 Å². The minimum Gasteiger partial charge on any atom is -0.489 e. The molecule has 0 aromatic heterocycles. The van der Waals surface area contributed by atoms with Crippen molar-refractivity contribution in [1.82, 2.24) is 0 Å². The van der Waals surface area contributed by atoms with Gasteiger partial charge < -0.3 is 4.74 Å².